The van der Waals surface area contributed by atoms with Gasteiger partial charge in [0.25, 0.3) is 5.91 Å². The van der Waals surface area contributed by atoms with Gasteiger partial charge < -0.3 is 9.15 Å². The summed E-state index contributed by atoms with van der Waals surface area (Å²) in [7, 11) is 1.57. The third-order valence-corrected chi connectivity index (χ3v) is 6.69. The number of fused-ring (bicyclic) bond motifs is 2. The zero-order chi connectivity index (χ0) is 22.2. The Morgan fingerprint density at radius 2 is 2.06 bits per heavy atom. The smallest absolute Gasteiger partial charge is 0.296 e. The second-order valence-corrected chi connectivity index (χ2v) is 8.62. The summed E-state index contributed by atoms with van der Waals surface area (Å²) in [5.41, 5.74) is 3.03. The van der Waals surface area contributed by atoms with Crippen molar-refractivity contribution >= 4 is 55.2 Å². The van der Waals surface area contributed by atoms with Gasteiger partial charge in [-0.05, 0) is 42.8 Å². The van der Waals surface area contributed by atoms with E-state index in [1.165, 1.54) is 11.3 Å². The number of rotatable bonds is 5. The zero-order valence-electron chi connectivity index (χ0n) is 17.3. The van der Waals surface area contributed by atoms with Gasteiger partial charge in [-0.3, -0.25) is 14.7 Å². The van der Waals surface area contributed by atoms with Crippen molar-refractivity contribution in [1.29, 1.82) is 0 Å². The van der Waals surface area contributed by atoms with E-state index in [0.717, 1.165) is 26.9 Å². The van der Waals surface area contributed by atoms with Crippen LogP contribution in [-0.4, -0.2) is 23.0 Å². The number of halogens is 1. The maximum absolute atomic E-state index is 13.7. The van der Waals surface area contributed by atoms with Crippen LogP contribution in [0.15, 0.2) is 65.2 Å². The quantitative estimate of drug-likeness (QED) is 0.308. The number of para-hydroxylation sites is 1. The van der Waals surface area contributed by atoms with Gasteiger partial charge in [-0.1, -0.05) is 47.2 Å². The summed E-state index contributed by atoms with van der Waals surface area (Å²) in [5.74, 6) is 0.449. The highest BCUT2D eigenvalue weighted by molar-refractivity contribution is 7.23. The van der Waals surface area contributed by atoms with Crippen LogP contribution in [0.25, 0.3) is 21.2 Å². The van der Waals surface area contributed by atoms with Crippen LogP contribution in [-0.2, 0) is 6.54 Å². The fraction of sp³-hybridized carbons (Fsp3) is 0.125. The Morgan fingerprint density at radius 1 is 1.19 bits per heavy atom. The van der Waals surface area contributed by atoms with Gasteiger partial charge in [-0.2, -0.15) is 0 Å². The first kappa shape index (κ1) is 20.5. The predicted octanol–water partition coefficient (Wildman–Crippen LogP) is 6.25. The standard InChI is InChI=1S/C24H18ClN3O3S/c1-14-9-10-17(25)22-20(14)27-24(32-22)28(13-16-7-3-4-11-26-16)23(29)19-12-15-6-5-8-18(30-2)21(15)31-19/h3-12H,13H2,1-2H3. The number of pyridine rings is 1. The van der Waals surface area contributed by atoms with Gasteiger partial charge in [-0.25, -0.2) is 4.98 Å². The Labute approximate surface area is 193 Å². The number of aryl methyl sites for hydroxylation is 1. The van der Waals surface area contributed by atoms with Crippen molar-refractivity contribution in [2.45, 2.75) is 13.5 Å². The molecular weight excluding hydrogens is 446 g/mol. The summed E-state index contributed by atoms with van der Waals surface area (Å²) in [5, 5.41) is 1.92. The van der Waals surface area contributed by atoms with Gasteiger partial charge in [0.1, 0.15) is 0 Å². The lowest BCUT2D eigenvalue weighted by Gasteiger charge is -2.18. The van der Waals surface area contributed by atoms with Gasteiger partial charge >= 0.3 is 0 Å². The molecule has 3 aromatic heterocycles. The van der Waals surface area contributed by atoms with Crippen LogP contribution in [0, 0.1) is 6.92 Å². The molecule has 6 nitrogen and oxygen atoms in total. The fourth-order valence-electron chi connectivity index (χ4n) is 3.52. The number of carbonyl (C=O) groups is 1. The number of thiazole rings is 1. The Morgan fingerprint density at radius 3 is 2.81 bits per heavy atom. The van der Waals surface area contributed by atoms with Crippen molar-refractivity contribution in [2.75, 3.05) is 12.0 Å². The van der Waals surface area contributed by atoms with E-state index in [-0.39, 0.29) is 18.2 Å². The lowest BCUT2D eigenvalue weighted by molar-refractivity contribution is 0.0960. The summed E-state index contributed by atoms with van der Waals surface area (Å²) in [6.45, 7) is 2.21. The molecule has 5 rings (SSSR count). The Bertz CT molecular complexity index is 1410. The molecule has 0 unspecified atom stereocenters. The summed E-state index contributed by atoms with van der Waals surface area (Å²) >= 11 is 7.78. The van der Waals surface area contributed by atoms with E-state index >= 15 is 0 Å². The van der Waals surface area contributed by atoms with E-state index < -0.39 is 0 Å². The maximum Gasteiger partial charge on any atom is 0.296 e. The number of ether oxygens (including phenoxy) is 1. The Kier molecular flexibility index (Phi) is 5.28. The van der Waals surface area contributed by atoms with Gasteiger partial charge in [0.2, 0.25) is 0 Å². The second-order valence-electron chi connectivity index (χ2n) is 7.24. The molecule has 0 aliphatic heterocycles. The molecule has 3 heterocycles. The van der Waals surface area contributed by atoms with Crippen LogP contribution < -0.4 is 9.64 Å². The molecule has 0 aliphatic rings. The molecule has 32 heavy (non-hydrogen) atoms. The van der Waals surface area contributed by atoms with Crippen molar-refractivity contribution in [3.05, 3.63) is 82.8 Å². The number of amides is 1. The third kappa shape index (κ3) is 3.59. The molecule has 0 aliphatic carbocycles. The maximum atomic E-state index is 13.7. The van der Waals surface area contributed by atoms with E-state index in [2.05, 4.69) is 4.98 Å². The van der Waals surface area contributed by atoms with Crippen molar-refractivity contribution in [3.8, 4) is 5.75 Å². The molecule has 5 aromatic rings. The number of hydrogen-bond donors (Lipinski definition) is 0. The van der Waals surface area contributed by atoms with Crippen LogP contribution in [0.5, 0.6) is 5.75 Å². The molecule has 1 amide bonds. The zero-order valence-corrected chi connectivity index (χ0v) is 18.9. The highest BCUT2D eigenvalue weighted by atomic mass is 35.5. The van der Waals surface area contributed by atoms with Crippen LogP contribution in [0.3, 0.4) is 0 Å². The molecule has 0 atom stereocenters. The largest absolute Gasteiger partial charge is 0.493 e. The highest BCUT2D eigenvalue weighted by Crippen LogP contribution is 2.37. The number of carbonyl (C=O) groups excluding carboxylic acids is 1. The average molecular weight is 464 g/mol. The van der Waals surface area contributed by atoms with Crippen LogP contribution in [0.4, 0.5) is 5.13 Å². The number of aromatic nitrogens is 2. The number of methoxy groups -OCH3 is 1. The second kappa shape index (κ2) is 8.26. The van der Waals surface area contributed by atoms with Crippen LogP contribution in [0.2, 0.25) is 5.02 Å². The molecule has 0 saturated heterocycles. The minimum Gasteiger partial charge on any atom is -0.493 e. The average Bonchev–Trinajstić information content (AvgIpc) is 3.45. The molecular formula is C24H18ClN3O3S. The number of nitrogens with zero attached hydrogens (tertiary/aromatic N) is 3. The van der Waals surface area contributed by atoms with Gasteiger partial charge in [0.15, 0.2) is 22.2 Å². The molecule has 0 bridgehead atoms. The molecule has 0 radical (unpaired) electrons. The summed E-state index contributed by atoms with van der Waals surface area (Å²) in [6.07, 6.45) is 1.70. The van der Waals surface area contributed by atoms with E-state index in [4.69, 9.17) is 25.7 Å². The molecule has 0 fully saturated rings. The minimum absolute atomic E-state index is 0.197. The van der Waals surface area contributed by atoms with E-state index in [1.54, 1.807) is 30.3 Å². The number of furan rings is 1. The van der Waals surface area contributed by atoms with E-state index in [1.807, 2.05) is 49.4 Å². The summed E-state index contributed by atoms with van der Waals surface area (Å²) in [4.78, 5) is 24.4. The lowest BCUT2D eigenvalue weighted by Crippen LogP contribution is -2.30. The first-order chi connectivity index (χ1) is 15.5. The van der Waals surface area contributed by atoms with Gasteiger partial charge in [-0.15, -0.1) is 0 Å². The SMILES string of the molecule is COc1cccc2cc(C(=O)N(Cc3ccccn3)c3nc4c(C)ccc(Cl)c4s3)oc12. The van der Waals surface area contributed by atoms with Crippen LogP contribution in [0.1, 0.15) is 21.8 Å². The molecule has 8 heteroatoms. The first-order valence-corrected chi connectivity index (χ1v) is 11.1. The third-order valence-electron chi connectivity index (χ3n) is 5.15. The molecule has 160 valence electrons. The molecule has 0 spiro atoms. The topological polar surface area (TPSA) is 68.5 Å². The normalized spacial score (nSPS) is 11.2. The Balaban J connectivity index is 1.62. The molecule has 0 N–H and O–H groups in total. The van der Waals surface area contributed by atoms with Crippen LogP contribution >= 0.6 is 22.9 Å². The van der Waals surface area contributed by atoms with Gasteiger partial charge in [0.05, 0.1) is 34.6 Å². The first-order valence-electron chi connectivity index (χ1n) is 9.89. The van der Waals surface area contributed by atoms with Crippen molar-refractivity contribution in [3.63, 3.8) is 0 Å². The van der Waals surface area contributed by atoms with E-state index in [9.17, 15) is 4.79 Å². The summed E-state index contributed by atoms with van der Waals surface area (Å²) in [6, 6.07) is 16.6. The molecule has 2 aromatic carbocycles. The van der Waals surface area contributed by atoms with Gasteiger partial charge in [0, 0.05) is 11.6 Å². The number of anilines is 1. The minimum atomic E-state index is -0.318. The van der Waals surface area contributed by atoms with Crippen molar-refractivity contribution < 1.29 is 13.9 Å². The lowest BCUT2D eigenvalue weighted by atomic mass is 10.2. The Hall–Kier alpha value is -3.42. The predicted molar refractivity (Wildman–Crippen MR) is 127 cm³/mol. The highest BCUT2D eigenvalue weighted by Gasteiger charge is 2.26. The van der Waals surface area contributed by atoms with E-state index in [0.29, 0.717) is 21.5 Å². The number of benzene rings is 2. The van der Waals surface area contributed by atoms with Crippen molar-refractivity contribution in [2.24, 2.45) is 0 Å². The fourth-order valence-corrected chi connectivity index (χ4v) is 4.84. The summed E-state index contributed by atoms with van der Waals surface area (Å²) < 4.78 is 12.1. The molecule has 0 saturated carbocycles. The van der Waals surface area contributed by atoms with Crippen molar-refractivity contribution in [1.82, 2.24) is 9.97 Å². The monoisotopic (exact) mass is 463 g/mol. The number of hydrogen-bond acceptors (Lipinski definition) is 6.